The molecule has 1 aromatic rings. The largest absolute Gasteiger partial charge is 0.413 e. The van der Waals surface area contributed by atoms with Gasteiger partial charge in [-0.1, -0.05) is 57.2 Å². The van der Waals surface area contributed by atoms with Gasteiger partial charge in [0.05, 0.1) is 19.8 Å². The van der Waals surface area contributed by atoms with Crippen molar-refractivity contribution in [2.24, 2.45) is 0 Å². The molecular formula is C20H34O3Si. The van der Waals surface area contributed by atoms with Crippen LogP contribution in [-0.2, 0) is 15.8 Å². The molecule has 0 aliphatic rings. The van der Waals surface area contributed by atoms with Crippen molar-refractivity contribution in [1.82, 2.24) is 0 Å². The second-order valence-electron chi connectivity index (χ2n) is 7.73. The van der Waals surface area contributed by atoms with E-state index in [1.807, 2.05) is 24.3 Å². The number of hydrogen-bond acceptors (Lipinski definition) is 3. The number of benzene rings is 1. The van der Waals surface area contributed by atoms with Gasteiger partial charge in [-0.3, -0.25) is 0 Å². The zero-order valence-electron chi connectivity index (χ0n) is 16.0. The van der Waals surface area contributed by atoms with Gasteiger partial charge in [0.2, 0.25) is 0 Å². The molecule has 0 fully saturated rings. The first-order chi connectivity index (χ1) is 11.3. The Morgan fingerprint density at radius 3 is 2.42 bits per heavy atom. The maximum absolute atomic E-state index is 9.50. The highest BCUT2D eigenvalue weighted by Gasteiger charge is 2.36. The average Bonchev–Trinajstić information content (AvgIpc) is 2.52. The van der Waals surface area contributed by atoms with Crippen molar-refractivity contribution in [3.05, 3.63) is 47.5 Å². The van der Waals surface area contributed by atoms with E-state index in [0.29, 0.717) is 19.8 Å². The highest BCUT2D eigenvalue weighted by molar-refractivity contribution is 6.74. The Labute approximate surface area is 148 Å². The van der Waals surface area contributed by atoms with Crippen LogP contribution in [0.4, 0.5) is 0 Å². The summed E-state index contributed by atoms with van der Waals surface area (Å²) in [5.74, 6) is 0. The van der Waals surface area contributed by atoms with E-state index >= 15 is 0 Å². The SMILES string of the molecule is CC(C)(C)[Si](C)(C)OC/C=C(\CO)CCCOCc1ccccc1. The molecule has 4 heteroatoms. The van der Waals surface area contributed by atoms with Gasteiger partial charge in [0.1, 0.15) is 0 Å². The Kier molecular flexibility index (Phi) is 8.91. The molecule has 0 heterocycles. The molecule has 0 spiro atoms. The summed E-state index contributed by atoms with van der Waals surface area (Å²) in [6, 6.07) is 10.2. The number of rotatable bonds is 10. The fourth-order valence-corrected chi connectivity index (χ4v) is 2.93. The molecule has 0 bridgehead atoms. The molecule has 0 aliphatic carbocycles. The molecule has 0 aromatic heterocycles. The fraction of sp³-hybridized carbons (Fsp3) is 0.600. The van der Waals surface area contributed by atoms with E-state index in [4.69, 9.17) is 9.16 Å². The Morgan fingerprint density at radius 1 is 1.17 bits per heavy atom. The second-order valence-corrected chi connectivity index (χ2v) is 12.5. The molecular weight excluding hydrogens is 316 g/mol. The van der Waals surface area contributed by atoms with E-state index in [2.05, 4.69) is 46.0 Å². The van der Waals surface area contributed by atoms with Crippen molar-refractivity contribution in [3.63, 3.8) is 0 Å². The van der Waals surface area contributed by atoms with E-state index in [1.165, 1.54) is 5.56 Å². The summed E-state index contributed by atoms with van der Waals surface area (Å²) in [5, 5.41) is 9.71. The lowest BCUT2D eigenvalue weighted by molar-refractivity contribution is 0.118. The molecule has 24 heavy (non-hydrogen) atoms. The van der Waals surface area contributed by atoms with Gasteiger partial charge in [-0.2, -0.15) is 0 Å². The molecule has 0 unspecified atom stereocenters. The van der Waals surface area contributed by atoms with Crippen LogP contribution in [0.15, 0.2) is 42.0 Å². The molecule has 3 nitrogen and oxygen atoms in total. The number of hydrogen-bond donors (Lipinski definition) is 1. The molecule has 1 N–H and O–H groups in total. The molecule has 0 aliphatic heterocycles. The second kappa shape index (κ2) is 10.1. The van der Waals surface area contributed by atoms with Crippen LogP contribution in [0.3, 0.4) is 0 Å². The predicted molar refractivity (Wildman–Crippen MR) is 104 cm³/mol. The van der Waals surface area contributed by atoms with Crippen LogP contribution >= 0.6 is 0 Å². The van der Waals surface area contributed by atoms with Crippen molar-refractivity contribution in [2.45, 2.75) is 58.4 Å². The van der Waals surface area contributed by atoms with Gasteiger partial charge < -0.3 is 14.3 Å². The lowest BCUT2D eigenvalue weighted by atomic mass is 10.1. The Balaban J connectivity index is 2.26. The van der Waals surface area contributed by atoms with Gasteiger partial charge in [0.15, 0.2) is 8.32 Å². The highest BCUT2D eigenvalue weighted by atomic mass is 28.4. The maximum atomic E-state index is 9.50. The first-order valence-electron chi connectivity index (χ1n) is 8.80. The Morgan fingerprint density at radius 2 is 1.83 bits per heavy atom. The van der Waals surface area contributed by atoms with Crippen LogP contribution in [0, 0.1) is 0 Å². The molecule has 0 atom stereocenters. The van der Waals surface area contributed by atoms with Crippen molar-refractivity contribution < 1.29 is 14.3 Å². The highest BCUT2D eigenvalue weighted by Crippen LogP contribution is 2.36. The summed E-state index contributed by atoms with van der Waals surface area (Å²) in [5.41, 5.74) is 2.23. The van der Waals surface area contributed by atoms with Gasteiger partial charge in [-0.05, 0) is 42.1 Å². The fourth-order valence-electron chi connectivity index (χ4n) is 2.00. The summed E-state index contributed by atoms with van der Waals surface area (Å²) in [4.78, 5) is 0. The zero-order valence-corrected chi connectivity index (χ0v) is 17.0. The normalized spacial score (nSPS) is 13.3. The smallest absolute Gasteiger partial charge is 0.192 e. The topological polar surface area (TPSA) is 38.7 Å². The lowest BCUT2D eigenvalue weighted by Gasteiger charge is -2.35. The predicted octanol–water partition coefficient (Wildman–Crippen LogP) is 4.92. The Hall–Kier alpha value is -0.943. The summed E-state index contributed by atoms with van der Waals surface area (Å²) < 4.78 is 11.8. The molecule has 1 aromatic carbocycles. The van der Waals surface area contributed by atoms with Gasteiger partial charge in [0.25, 0.3) is 0 Å². The standard InChI is InChI=1S/C20H34O3Si/c1-20(2,3)24(4,5)23-15-13-18(16-21)12-9-14-22-17-19-10-7-6-8-11-19/h6-8,10-11,13,21H,9,12,14-17H2,1-5H3/b18-13-. The molecule has 0 radical (unpaired) electrons. The van der Waals surface area contributed by atoms with Crippen molar-refractivity contribution in [3.8, 4) is 0 Å². The van der Waals surface area contributed by atoms with Crippen LogP contribution in [0.1, 0.15) is 39.2 Å². The van der Waals surface area contributed by atoms with Crippen LogP contribution in [0.2, 0.25) is 18.1 Å². The van der Waals surface area contributed by atoms with Crippen molar-refractivity contribution in [1.29, 1.82) is 0 Å². The van der Waals surface area contributed by atoms with E-state index < -0.39 is 8.32 Å². The zero-order chi connectivity index (χ0) is 18.1. The van der Waals surface area contributed by atoms with Gasteiger partial charge in [-0.25, -0.2) is 0 Å². The van der Waals surface area contributed by atoms with Crippen molar-refractivity contribution >= 4 is 8.32 Å². The number of aliphatic hydroxyl groups excluding tert-OH is 1. The molecule has 0 amide bonds. The monoisotopic (exact) mass is 350 g/mol. The van der Waals surface area contributed by atoms with Crippen molar-refractivity contribution in [2.75, 3.05) is 19.8 Å². The van der Waals surface area contributed by atoms with Crippen LogP contribution in [0.25, 0.3) is 0 Å². The quantitative estimate of drug-likeness (QED) is 0.370. The van der Waals surface area contributed by atoms with E-state index in [9.17, 15) is 5.11 Å². The van der Waals surface area contributed by atoms with E-state index in [1.54, 1.807) is 0 Å². The minimum Gasteiger partial charge on any atom is -0.413 e. The molecule has 136 valence electrons. The number of aliphatic hydroxyl groups is 1. The average molecular weight is 351 g/mol. The minimum atomic E-state index is -1.72. The summed E-state index contributed by atoms with van der Waals surface area (Å²) in [6.07, 6.45) is 3.81. The third-order valence-electron chi connectivity index (χ3n) is 4.72. The third-order valence-corrected chi connectivity index (χ3v) is 9.22. The summed E-state index contributed by atoms with van der Waals surface area (Å²) >= 11 is 0. The van der Waals surface area contributed by atoms with E-state index in [0.717, 1.165) is 18.4 Å². The van der Waals surface area contributed by atoms with Crippen LogP contribution in [0.5, 0.6) is 0 Å². The molecule has 0 saturated heterocycles. The first-order valence-corrected chi connectivity index (χ1v) is 11.7. The Bertz CT molecular complexity index is 489. The van der Waals surface area contributed by atoms with Gasteiger partial charge >= 0.3 is 0 Å². The first kappa shape index (κ1) is 21.1. The molecule has 1 rings (SSSR count). The lowest BCUT2D eigenvalue weighted by Crippen LogP contribution is -2.40. The summed E-state index contributed by atoms with van der Waals surface area (Å²) in [7, 11) is -1.72. The molecule has 0 saturated carbocycles. The van der Waals surface area contributed by atoms with Crippen LogP contribution in [-0.4, -0.2) is 33.2 Å². The third kappa shape index (κ3) is 7.75. The van der Waals surface area contributed by atoms with Crippen LogP contribution < -0.4 is 0 Å². The van der Waals surface area contributed by atoms with Gasteiger partial charge in [0, 0.05) is 6.61 Å². The minimum absolute atomic E-state index is 0.0968. The maximum Gasteiger partial charge on any atom is 0.192 e. The van der Waals surface area contributed by atoms with E-state index in [-0.39, 0.29) is 11.6 Å². The van der Waals surface area contributed by atoms with Gasteiger partial charge in [-0.15, -0.1) is 0 Å². The summed E-state index contributed by atoms with van der Waals surface area (Å²) in [6.45, 7) is 13.2. The number of ether oxygens (including phenoxy) is 1.